The number of anilines is 5. The van der Waals surface area contributed by atoms with Crippen LogP contribution in [0.5, 0.6) is 0 Å². The summed E-state index contributed by atoms with van der Waals surface area (Å²) in [4.78, 5) is 23.6. The Labute approximate surface area is 176 Å². The van der Waals surface area contributed by atoms with Gasteiger partial charge in [0, 0.05) is 41.9 Å². The van der Waals surface area contributed by atoms with Gasteiger partial charge in [0.2, 0.25) is 5.95 Å². The Hall–Kier alpha value is -3.61. The summed E-state index contributed by atoms with van der Waals surface area (Å²) in [7, 11) is 0. The number of piperidine rings is 1. The van der Waals surface area contributed by atoms with E-state index in [1.54, 1.807) is 0 Å². The van der Waals surface area contributed by atoms with Crippen molar-refractivity contribution in [2.75, 3.05) is 33.9 Å². The molecule has 2 aromatic carbocycles. The van der Waals surface area contributed by atoms with E-state index in [0.717, 1.165) is 36.0 Å². The van der Waals surface area contributed by atoms with Gasteiger partial charge in [0.25, 0.3) is 0 Å². The lowest BCUT2D eigenvalue weighted by atomic mass is 10.1. The van der Waals surface area contributed by atoms with Crippen molar-refractivity contribution in [2.24, 2.45) is 0 Å². The molecule has 2 heterocycles. The van der Waals surface area contributed by atoms with Crippen LogP contribution in [0.1, 0.15) is 25.0 Å². The first-order chi connectivity index (χ1) is 14.7. The van der Waals surface area contributed by atoms with Gasteiger partial charge in [-0.2, -0.15) is 4.98 Å². The van der Waals surface area contributed by atoms with Gasteiger partial charge < -0.3 is 20.9 Å². The van der Waals surface area contributed by atoms with E-state index in [9.17, 15) is 4.79 Å². The van der Waals surface area contributed by atoms with E-state index in [4.69, 9.17) is 4.98 Å². The average Bonchev–Trinajstić information content (AvgIpc) is 2.76. The quantitative estimate of drug-likeness (QED) is 0.549. The van der Waals surface area contributed by atoms with Crippen LogP contribution < -0.4 is 20.9 Å². The van der Waals surface area contributed by atoms with Crippen molar-refractivity contribution in [1.29, 1.82) is 0 Å². The summed E-state index contributed by atoms with van der Waals surface area (Å²) in [6, 6.07) is 18.6. The van der Waals surface area contributed by atoms with Crippen LogP contribution >= 0.6 is 0 Å². The number of hydrogen-bond acceptors (Lipinski definition) is 5. The zero-order valence-corrected chi connectivity index (χ0v) is 17.1. The summed E-state index contributed by atoms with van der Waals surface area (Å²) < 4.78 is 0. The van der Waals surface area contributed by atoms with Crippen molar-refractivity contribution in [1.82, 2.24) is 9.97 Å². The zero-order valence-electron chi connectivity index (χ0n) is 17.1. The maximum atomic E-state index is 12.1. The molecule has 0 spiro atoms. The first-order valence-corrected chi connectivity index (χ1v) is 10.3. The van der Waals surface area contributed by atoms with Gasteiger partial charge in [-0.05, 0) is 62.6 Å². The Morgan fingerprint density at radius 2 is 1.47 bits per heavy atom. The summed E-state index contributed by atoms with van der Waals surface area (Å²) in [6.45, 7) is 4.07. The molecule has 0 bridgehead atoms. The lowest BCUT2D eigenvalue weighted by Crippen LogP contribution is -2.30. The normalized spacial score (nSPS) is 13.6. The number of benzene rings is 2. The minimum absolute atomic E-state index is 0.282. The van der Waals surface area contributed by atoms with E-state index in [1.165, 1.54) is 19.3 Å². The molecule has 3 N–H and O–H groups in total. The standard InChI is InChI=1S/C23H26N6O/c1-17-16-21(29-14-6-3-7-15-29)28-22(24-17)25-19-10-12-20(13-11-19)27-23(30)26-18-8-4-2-5-9-18/h2,4-5,8-13,16H,3,6-7,14-15H2,1H3,(H,24,25,28)(H2,26,27,30). The molecule has 7 nitrogen and oxygen atoms in total. The number of aromatic nitrogens is 2. The highest BCUT2D eigenvalue weighted by Gasteiger charge is 2.14. The van der Waals surface area contributed by atoms with Gasteiger partial charge in [0.1, 0.15) is 5.82 Å². The molecule has 3 aromatic rings. The maximum Gasteiger partial charge on any atom is 0.323 e. The Morgan fingerprint density at radius 3 is 2.17 bits per heavy atom. The molecule has 1 aliphatic rings. The molecule has 30 heavy (non-hydrogen) atoms. The first-order valence-electron chi connectivity index (χ1n) is 10.3. The minimum atomic E-state index is -0.282. The zero-order chi connectivity index (χ0) is 20.8. The fourth-order valence-corrected chi connectivity index (χ4v) is 3.47. The highest BCUT2D eigenvalue weighted by molar-refractivity contribution is 5.99. The van der Waals surface area contributed by atoms with Gasteiger partial charge in [-0.3, -0.25) is 0 Å². The van der Waals surface area contributed by atoms with Crippen LogP contribution in [0.4, 0.5) is 33.6 Å². The van der Waals surface area contributed by atoms with E-state index in [-0.39, 0.29) is 6.03 Å². The van der Waals surface area contributed by atoms with E-state index in [0.29, 0.717) is 11.6 Å². The monoisotopic (exact) mass is 402 g/mol. The predicted octanol–water partition coefficient (Wildman–Crippen LogP) is 5.16. The van der Waals surface area contributed by atoms with E-state index in [1.807, 2.05) is 67.6 Å². The molecule has 1 aliphatic heterocycles. The second-order valence-electron chi connectivity index (χ2n) is 7.39. The van der Waals surface area contributed by atoms with Crippen molar-refractivity contribution < 1.29 is 4.79 Å². The van der Waals surface area contributed by atoms with Crippen LogP contribution in [-0.2, 0) is 0 Å². The third-order valence-electron chi connectivity index (χ3n) is 4.95. The molecule has 1 saturated heterocycles. The van der Waals surface area contributed by atoms with Crippen LogP contribution in [0.25, 0.3) is 0 Å². The minimum Gasteiger partial charge on any atom is -0.356 e. The molecule has 4 rings (SSSR count). The number of amides is 2. The predicted molar refractivity (Wildman–Crippen MR) is 122 cm³/mol. The average molecular weight is 403 g/mol. The topological polar surface area (TPSA) is 82.2 Å². The fourth-order valence-electron chi connectivity index (χ4n) is 3.47. The summed E-state index contributed by atoms with van der Waals surface area (Å²) in [5, 5.41) is 8.89. The lowest BCUT2D eigenvalue weighted by molar-refractivity contribution is 0.262. The highest BCUT2D eigenvalue weighted by Crippen LogP contribution is 2.22. The maximum absolute atomic E-state index is 12.1. The van der Waals surface area contributed by atoms with Crippen molar-refractivity contribution in [2.45, 2.75) is 26.2 Å². The van der Waals surface area contributed by atoms with Gasteiger partial charge in [0.05, 0.1) is 0 Å². The molecular formula is C23H26N6O. The van der Waals surface area contributed by atoms with Crippen molar-refractivity contribution in [3.05, 3.63) is 66.4 Å². The van der Waals surface area contributed by atoms with Crippen molar-refractivity contribution in [3.63, 3.8) is 0 Å². The van der Waals surface area contributed by atoms with Crippen LogP contribution in [0.3, 0.4) is 0 Å². The molecule has 154 valence electrons. The van der Waals surface area contributed by atoms with Crippen LogP contribution in [0, 0.1) is 6.92 Å². The SMILES string of the molecule is Cc1cc(N2CCCCC2)nc(Nc2ccc(NC(=O)Nc3ccccc3)cc2)n1. The highest BCUT2D eigenvalue weighted by atomic mass is 16.2. The molecule has 1 aromatic heterocycles. The second-order valence-corrected chi connectivity index (χ2v) is 7.39. The Morgan fingerprint density at radius 1 is 0.833 bits per heavy atom. The number of carbonyl (C=O) groups excluding carboxylic acids is 1. The molecule has 2 amide bonds. The lowest BCUT2D eigenvalue weighted by Gasteiger charge is -2.28. The summed E-state index contributed by atoms with van der Waals surface area (Å²) in [5.74, 6) is 1.55. The number of para-hydroxylation sites is 1. The molecule has 1 fully saturated rings. The number of nitrogens with zero attached hydrogens (tertiary/aromatic N) is 3. The van der Waals surface area contributed by atoms with E-state index < -0.39 is 0 Å². The smallest absolute Gasteiger partial charge is 0.323 e. The van der Waals surface area contributed by atoms with E-state index in [2.05, 4.69) is 25.8 Å². The largest absolute Gasteiger partial charge is 0.356 e. The second kappa shape index (κ2) is 9.26. The van der Waals surface area contributed by atoms with Crippen LogP contribution in [-0.4, -0.2) is 29.1 Å². The number of nitrogens with one attached hydrogen (secondary N) is 3. The number of aryl methyl sites for hydroxylation is 1. The van der Waals surface area contributed by atoms with Gasteiger partial charge >= 0.3 is 6.03 Å². The number of carbonyl (C=O) groups is 1. The number of hydrogen-bond donors (Lipinski definition) is 3. The summed E-state index contributed by atoms with van der Waals surface area (Å²) in [6.07, 6.45) is 3.70. The van der Waals surface area contributed by atoms with Crippen LogP contribution in [0.2, 0.25) is 0 Å². The summed E-state index contributed by atoms with van der Waals surface area (Å²) >= 11 is 0. The molecular weight excluding hydrogens is 376 g/mol. The van der Waals surface area contributed by atoms with Crippen molar-refractivity contribution in [3.8, 4) is 0 Å². The molecule has 0 atom stereocenters. The molecule has 7 heteroatoms. The number of rotatable bonds is 5. The Bertz CT molecular complexity index is 984. The summed E-state index contributed by atoms with van der Waals surface area (Å²) in [5.41, 5.74) is 3.24. The molecule has 0 saturated carbocycles. The third kappa shape index (κ3) is 5.26. The van der Waals surface area contributed by atoms with Gasteiger partial charge in [0.15, 0.2) is 0 Å². The van der Waals surface area contributed by atoms with E-state index >= 15 is 0 Å². The van der Waals surface area contributed by atoms with Crippen LogP contribution in [0.15, 0.2) is 60.7 Å². The number of urea groups is 1. The molecule has 0 radical (unpaired) electrons. The molecule has 0 aliphatic carbocycles. The van der Waals surface area contributed by atoms with Crippen molar-refractivity contribution >= 4 is 34.9 Å². The third-order valence-corrected chi connectivity index (χ3v) is 4.95. The Balaban J connectivity index is 1.38. The van der Waals surface area contributed by atoms with Gasteiger partial charge in [-0.1, -0.05) is 18.2 Å². The fraction of sp³-hybridized carbons (Fsp3) is 0.261. The first kappa shape index (κ1) is 19.7. The van der Waals surface area contributed by atoms with Gasteiger partial charge in [-0.25, -0.2) is 9.78 Å². The Kier molecular flexibility index (Phi) is 6.08. The molecule has 0 unspecified atom stereocenters. The van der Waals surface area contributed by atoms with Gasteiger partial charge in [-0.15, -0.1) is 0 Å².